The molecule has 0 aromatic heterocycles. The molecular weight excluding hydrogens is 418 g/mol. The van der Waals surface area contributed by atoms with E-state index in [1.54, 1.807) is 6.07 Å². The van der Waals surface area contributed by atoms with Gasteiger partial charge in [0.1, 0.15) is 12.6 Å². The van der Waals surface area contributed by atoms with Gasteiger partial charge in [-0.25, -0.2) is 8.78 Å². The number of carbonyl (C=O) groups excluding carboxylic acids is 2. The zero-order chi connectivity index (χ0) is 22.7. The maximum Gasteiger partial charge on any atom is 0.265 e. The molecule has 2 saturated carbocycles. The largest absolute Gasteiger partial charge is 0.370 e. The molecule has 32 heavy (non-hydrogen) atoms. The van der Waals surface area contributed by atoms with E-state index in [0.717, 1.165) is 38.8 Å². The molecule has 3 fully saturated rings. The van der Waals surface area contributed by atoms with Gasteiger partial charge in [-0.05, 0) is 55.7 Å². The summed E-state index contributed by atoms with van der Waals surface area (Å²) < 4.78 is 32.8. The molecule has 1 heterocycles. The number of nitrogens with one attached hydrogen (secondary N) is 1. The van der Waals surface area contributed by atoms with Crippen LogP contribution in [0.15, 0.2) is 18.2 Å². The standard InChI is InChI=1S/C23H32F2N4O3/c24-22(25)18-10-17(29-8-9-32-14-21(29)30)6-7-19(18)27-23(31)20(11-26)28(13-16-4-5-16)12-15-2-1-3-15/h6-7,10,15-16,20,22H,1-5,8-9,11-14,26H2,(H,27,31)/t20-/m0/s1. The Hall–Kier alpha value is -2.10. The number of carbonyl (C=O) groups is 2. The Bertz CT molecular complexity index is 829. The first-order valence-corrected chi connectivity index (χ1v) is 11.5. The maximum absolute atomic E-state index is 13.9. The zero-order valence-electron chi connectivity index (χ0n) is 18.3. The van der Waals surface area contributed by atoms with Gasteiger partial charge in [0.05, 0.1) is 6.61 Å². The number of hydrogen-bond donors (Lipinski definition) is 2. The Labute approximate surface area is 187 Å². The van der Waals surface area contributed by atoms with E-state index in [1.807, 2.05) is 0 Å². The van der Waals surface area contributed by atoms with Crippen LogP contribution in [0.1, 0.15) is 44.1 Å². The van der Waals surface area contributed by atoms with Crippen LogP contribution in [0.3, 0.4) is 0 Å². The van der Waals surface area contributed by atoms with Crippen molar-refractivity contribution < 1.29 is 23.1 Å². The highest BCUT2D eigenvalue weighted by atomic mass is 19.3. The molecule has 4 rings (SSSR count). The van der Waals surface area contributed by atoms with Crippen LogP contribution in [0.2, 0.25) is 0 Å². The molecule has 1 atom stereocenters. The van der Waals surface area contributed by atoms with Crippen molar-refractivity contribution in [1.29, 1.82) is 0 Å². The molecule has 2 amide bonds. The lowest BCUT2D eigenvalue weighted by molar-refractivity contribution is -0.125. The van der Waals surface area contributed by atoms with Crippen molar-refractivity contribution >= 4 is 23.2 Å². The number of halogens is 2. The number of alkyl halides is 2. The summed E-state index contributed by atoms with van der Waals surface area (Å²) in [5.41, 5.74) is 6.12. The number of nitrogens with two attached hydrogens (primary N) is 1. The van der Waals surface area contributed by atoms with Crippen molar-refractivity contribution in [3.05, 3.63) is 23.8 Å². The minimum atomic E-state index is -2.80. The second-order valence-electron chi connectivity index (χ2n) is 9.11. The Morgan fingerprint density at radius 2 is 1.94 bits per heavy atom. The van der Waals surface area contributed by atoms with Gasteiger partial charge >= 0.3 is 0 Å². The Balaban J connectivity index is 1.50. The Morgan fingerprint density at radius 1 is 1.22 bits per heavy atom. The molecule has 1 aliphatic heterocycles. The zero-order valence-corrected chi connectivity index (χ0v) is 18.3. The van der Waals surface area contributed by atoms with Crippen LogP contribution in [0.5, 0.6) is 0 Å². The van der Waals surface area contributed by atoms with E-state index in [1.165, 1.54) is 23.5 Å². The molecule has 1 aromatic carbocycles. The lowest BCUT2D eigenvalue weighted by Gasteiger charge is -2.36. The molecule has 2 aliphatic carbocycles. The van der Waals surface area contributed by atoms with Crippen LogP contribution >= 0.6 is 0 Å². The van der Waals surface area contributed by atoms with Crippen LogP contribution in [-0.2, 0) is 14.3 Å². The highest BCUT2D eigenvalue weighted by Crippen LogP contribution is 2.34. The molecule has 0 bridgehead atoms. The first kappa shape index (κ1) is 23.1. The third kappa shape index (κ3) is 5.44. The molecular formula is C23H32F2N4O3. The van der Waals surface area contributed by atoms with Crippen molar-refractivity contribution in [3.63, 3.8) is 0 Å². The second kappa shape index (κ2) is 10.2. The fourth-order valence-electron chi connectivity index (χ4n) is 4.41. The monoisotopic (exact) mass is 450 g/mol. The van der Waals surface area contributed by atoms with Gasteiger partial charge in [0.25, 0.3) is 12.3 Å². The van der Waals surface area contributed by atoms with Crippen LogP contribution < -0.4 is 16.0 Å². The highest BCUT2D eigenvalue weighted by molar-refractivity contribution is 5.97. The maximum atomic E-state index is 13.9. The van der Waals surface area contributed by atoms with E-state index in [9.17, 15) is 18.4 Å². The van der Waals surface area contributed by atoms with Crippen molar-refractivity contribution in [3.8, 4) is 0 Å². The summed E-state index contributed by atoms with van der Waals surface area (Å²) in [6.45, 7) is 2.37. The predicted molar refractivity (Wildman–Crippen MR) is 118 cm³/mol. The topological polar surface area (TPSA) is 87.9 Å². The SMILES string of the molecule is NC[C@@H](C(=O)Nc1ccc(N2CCOCC2=O)cc1C(F)F)N(CC1CCC1)CC1CC1. The van der Waals surface area contributed by atoms with E-state index in [0.29, 0.717) is 30.7 Å². The normalized spacial score (nSPS) is 20.5. The fourth-order valence-corrected chi connectivity index (χ4v) is 4.41. The number of benzene rings is 1. The van der Waals surface area contributed by atoms with Gasteiger partial charge < -0.3 is 20.7 Å². The summed E-state index contributed by atoms with van der Waals surface area (Å²) in [7, 11) is 0. The molecule has 9 heteroatoms. The number of anilines is 2. The van der Waals surface area contributed by atoms with E-state index < -0.39 is 12.5 Å². The molecule has 176 valence electrons. The van der Waals surface area contributed by atoms with Gasteiger partial charge in [-0.3, -0.25) is 14.5 Å². The summed E-state index contributed by atoms with van der Waals surface area (Å²) in [4.78, 5) is 28.8. The number of morpholine rings is 1. The van der Waals surface area contributed by atoms with Gasteiger partial charge in [0.15, 0.2) is 0 Å². The average molecular weight is 451 g/mol. The Kier molecular flexibility index (Phi) is 7.37. The minimum Gasteiger partial charge on any atom is -0.370 e. The van der Waals surface area contributed by atoms with Gasteiger partial charge in [0, 0.05) is 43.1 Å². The van der Waals surface area contributed by atoms with Crippen molar-refractivity contribution in [2.45, 2.75) is 44.6 Å². The van der Waals surface area contributed by atoms with Crippen molar-refractivity contribution in [2.75, 3.05) is 49.6 Å². The minimum absolute atomic E-state index is 0.0583. The van der Waals surface area contributed by atoms with Crippen LogP contribution in [0, 0.1) is 11.8 Å². The molecule has 7 nitrogen and oxygen atoms in total. The smallest absolute Gasteiger partial charge is 0.265 e. The van der Waals surface area contributed by atoms with E-state index in [2.05, 4.69) is 10.2 Å². The summed E-state index contributed by atoms with van der Waals surface area (Å²) in [5, 5.41) is 2.70. The van der Waals surface area contributed by atoms with Gasteiger partial charge in [-0.2, -0.15) is 0 Å². The van der Waals surface area contributed by atoms with Gasteiger partial charge in [0.2, 0.25) is 5.91 Å². The van der Waals surface area contributed by atoms with E-state index >= 15 is 0 Å². The molecule has 3 aliphatic rings. The fraction of sp³-hybridized carbons (Fsp3) is 0.652. The predicted octanol–water partition coefficient (Wildman–Crippen LogP) is 2.77. The number of nitrogens with zero attached hydrogens (tertiary/aromatic N) is 2. The van der Waals surface area contributed by atoms with Crippen LogP contribution in [-0.4, -0.2) is 62.1 Å². The third-order valence-electron chi connectivity index (χ3n) is 6.70. The quantitative estimate of drug-likeness (QED) is 0.572. The molecule has 1 aromatic rings. The van der Waals surface area contributed by atoms with Crippen molar-refractivity contribution in [2.24, 2.45) is 17.6 Å². The van der Waals surface area contributed by atoms with Gasteiger partial charge in [-0.1, -0.05) is 6.42 Å². The van der Waals surface area contributed by atoms with Crippen LogP contribution in [0.4, 0.5) is 20.2 Å². The lowest BCUT2D eigenvalue weighted by atomic mass is 9.84. The highest BCUT2D eigenvalue weighted by Gasteiger charge is 2.34. The molecule has 0 spiro atoms. The summed E-state index contributed by atoms with van der Waals surface area (Å²) in [5.74, 6) is 0.546. The summed E-state index contributed by atoms with van der Waals surface area (Å²) in [6, 6.07) is 3.75. The summed E-state index contributed by atoms with van der Waals surface area (Å²) in [6.07, 6.45) is 3.08. The van der Waals surface area contributed by atoms with E-state index in [4.69, 9.17) is 10.5 Å². The first-order valence-electron chi connectivity index (χ1n) is 11.5. The third-order valence-corrected chi connectivity index (χ3v) is 6.70. The molecule has 0 unspecified atom stereocenters. The molecule has 1 saturated heterocycles. The summed E-state index contributed by atoms with van der Waals surface area (Å²) >= 11 is 0. The van der Waals surface area contributed by atoms with Crippen LogP contribution in [0.25, 0.3) is 0 Å². The average Bonchev–Trinajstić information content (AvgIpc) is 3.55. The number of hydrogen-bond acceptors (Lipinski definition) is 5. The number of ether oxygens (including phenoxy) is 1. The second-order valence-corrected chi connectivity index (χ2v) is 9.11. The van der Waals surface area contributed by atoms with E-state index in [-0.39, 0.29) is 36.2 Å². The van der Waals surface area contributed by atoms with Gasteiger partial charge in [-0.15, -0.1) is 0 Å². The Morgan fingerprint density at radius 3 is 2.50 bits per heavy atom. The van der Waals surface area contributed by atoms with Crippen molar-refractivity contribution in [1.82, 2.24) is 4.90 Å². The number of amides is 2. The number of rotatable bonds is 10. The lowest BCUT2D eigenvalue weighted by Crippen LogP contribution is -2.51. The molecule has 0 radical (unpaired) electrons. The molecule has 3 N–H and O–H groups in total. The first-order chi connectivity index (χ1) is 15.5.